The molecule has 2 aromatic carbocycles. The van der Waals surface area contributed by atoms with Gasteiger partial charge in [0.15, 0.2) is 11.5 Å². The number of aromatic amines is 1. The number of hydrogen-bond acceptors (Lipinski definition) is 4. The van der Waals surface area contributed by atoms with Gasteiger partial charge in [-0.05, 0) is 50.8 Å². The fraction of sp³-hybridized carbons (Fsp3) is 0.444. The number of fused-ring (bicyclic) bond motifs is 1. The third-order valence-corrected chi connectivity index (χ3v) is 6.56. The van der Waals surface area contributed by atoms with E-state index in [2.05, 4.69) is 74.0 Å². The molecule has 0 saturated carbocycles. The Labute approximate surface area is 191 Å². The monoisotopic (exact) mass is 433 g/mol. The third-order valence-electron chi connectivity index (χ3n) is 6.56. The van der Waals surface area contributed by atoms with Crippen LogP contribution in [-0.4, -0.2) is 27.2 Å². The van der Waals surface area contributed by atoms with Gasteiger partial charge < -0.3 is 14.5 Å². The highest BCUT2D eigenvalue weighted by Gasteiger charge is 2.27. The topological polar surface area (TPSA) is 50.4 Å². The SMILES string of the molecule is CCCCc1nc(-c2ccccc2)[nH]c1CN(Cc1ccc2c(c1)OCO2)C(C)(C)CC. The van der Waals surface area contributed by atoms with Crippen molar-refractivity contribution in [2.75, 3.05) is 6.79 Å². The lowest BCUT2D eigenvalue weighted by atomic mass is 9.97. The van der Waals surface area contributed by atoms with Crippen LogP contribution < -0.4 is 9.47 Å². The second-order valence-corrected chi connectivity index (χ2v) is 9.19. The van der Waals surface area contributed by atoms with Crippen LogP contribution in [-0.2, 0) is 19.5 Å². The Morgan fingerprint density at radius 3 is 2.53 bits per heavy atom. The number of aromatic nitrogens is 2. The normalized spacial score (nSPS) is 13.2. The van der Waals surface area contributed by atoms with Crippen LogP contribution in [0.25, 0.3) is 11.4 Å². The Hall–Kier alpha value is -2.79. The number of ether oxygens (including phenoxy) is 2. The van der Waals surface area contributed by atoms with E-state index in [1.54, 1.807) is 0 Å². The average Bonchev–Trinajstić information content (AvgIpc) is 3.44. The second kappa shape index (κ2) is 9.78. The molecule has 0 spiro atoms. The molecule has 5 heteroatoms. The molecule has 0 atom stereocenters. The highest BCUT2D eigenvalue weighted by molar-refractivity contribution is 5.55. The van der Waals surface area contributed by atoms with Crippen molar-refractivity contribution in [2.24, 2.45) is 0 Å². The average molecular weight is 434 g/mol. The van der Waals surface area contributed by atoms with Gasteiger partial charge in [0.05, 0.1) is 11.4 Å². The molecule has 0 aliphatic carbocycles. The Morgan fingerprint density at radius 2 is 1.78 bits per heavy atom. The number of unbranched alkanes of at least 4 members (excludes halogenated alkanes) is 1. The van der Waals surface area contributed by atoms with E-state index in [1.807, 2.05) is 12.1 Å². The zero-order chi connectivity index (χ0) is 22.6. The number of imidazole rings is 1. The van der Waals surface area contributed by atoms with Crippen LogP contribution in [0.4, 0.5) is 0 Å². The van der Waals surface area contributed by atoms with Gasteiger partial charge in [-0.3, -0.25) is 4.90 Å². The highest BCUT2D eigenvalue weighted by atomic mass is 16.7. The molecule has 1 aliphatic rings. The molecule has 32 heavy (non-hydrogen) atoms. The van der Waals surface area contributed by atoms with Gasteiger partial charge in [0, 0.05) is 24.2 Å². The minimum Gasteiger partial charge on any atom is -0.454 e. The lowest BCUT2D eigenvalue weighted by Crippen LogP contribution is -2.42. The quantitative estimate of drug-likeness (QED) is 0.405. The molecule has 1 aliphatic heterocycles. The Balaban J connectivity index is 1.63. The fourth-order valence-corrected chi connectivity index (χ4v) is 4.02. The molecule has 3 aromatic rings. The minimum absolute atomic E-state index is 0.0381. The van der Waals surface area contributed by atoms with Gasteiger partial charge in [-0.25, -0.2) is 4.98 Å². The largest absolute Gasteiger partial charge is 0.454 e. The summed E-state index contributed by atoms with van der Waals surface area (Å²) in [5.41, 5.74) is 4.81. The summed E-state index contributed by atoms with van der Waals surface area (Å²) < 4.78 is 11.1. The van der Waals surface area contributed by atoms with Crippen molar-refractivity contribution in [3.05, 3.63) is 65.5 Å². The van der Waals surface area contributed by atoms with Crippen molar-refractivity contribution in [3.63, 3.8) is 0 Å². The van der Waals surface area contributed by atoms with Gasteiger partial charge in [-0.2, -0.15) is 0 Å². The van der Waals surface area contributed by atoms with Crippen LogP contribution in [0.3, 0.4) is 0 Å². The zero-order valence-electron chi connectivity index (χ0n) is 19.8. The first-order valence-corrected chi connectivity index (χ1v) is 11.8. The van der Waals surface area contributed by atoms with Crippen molar-refractivity contribution in [2.45, 2.75) is 72.0 Å². The molecule has 0 saturated heterocycles. The fourth-order valence-electron chi connectivity index (χ4n) is 4.02. The molecule has 0 bridgehead atoms. The molecule has 1 aromatic heterocycles. The summed E-state index contributed by atoms with van der Waals surface area (Å²) in [5.74, 6) is 2.63. The third kappa shape index (κ3) is 4.99. The van der Waals surface area contributed by atoms with Gasteiger partial charge in [-0.1, -0.05) is 56.7 Å². The maximum absolute atomic E-state index is 5.61. The Bertz CT molecular complexity index is 1030. The van der Waals surface area contributed by atoms with Gasteiger partial charge in [0.25, 0.3) is 0 Å². The van der Waals surface area contributed by atoms with Gasteiger partial charge in [0.2, 0.25) is 6.79 Å². The molecule has 0 amide bonds. The molecule has 1 N–H and O–H groups in total. The van der Waals surface area contributed by atoms with E-state index in [0.29, 0.717) is 6.79 Å². The standard InChI is InChI=1S/C27H35N3O2/c1-5-7-13-22-23(29-26(28-22)21-11-9-8-10-12-21)18-30(27(3,4)6-2)17-20-14-15-24-25(16-20)32-19-31-24/h8-12,14-16H,5-7,13,17-19H2,1-4H3,(H,28,29). The number of hydrogen-bond donors (Lipinski definition) is 1. The number of rotatable bonds is 10. The van der Waals surface area contributed by atoms with Gasteiger partial charge in [-0.15, -0.1) is 0 Å². The van der Waals surface area contributed by atoms with Crippen molar-refractivity contribution in [1.82, 2.24) is 14.9 Å². The highest BCUT2D eigenvalue weighted by Crippen LogP contribution is 2.34. The summed E-state index contributed by atoms with van der Waals surface area (Å²) in [6.45, 7) is 11.1. The summed E-state index contributed by atoms with van der Waals surface area (Å²) >= 11 is 0. The molecule has 0 fully saturated rings. The Kier molecular flexibility index (Phi) is 6.85. The van der Waals surface area contributed by atoms with E-state index in [1.165, 1.54) is 17.0 Å². The van der Waals surface area contributed by atoms with E-state index in [4.69, 9.17) is 14.5 Å². The molecule has 0 radical (unpaired) electrons. The maximum atomic E-state index is 5.61. The zero-order valence-corrected chi connectivity index (χ0v) is 19.8. The van der Waals surface area contributed by atoms with Crippen LogP contribution in [0.1, 0.15) is 63.9 Å². The number of nitrogens with zero attached hydrogens (tertiary/aromatic N) is 2. The van der Waals surface area contributed by atoms with E-state index in [0.717, 1.165) is 61.7 Å². The first-order chi connectivity index (χ1) is 15.5. The molecule has 5 nitrogen and oxygen atoms in total. The molecule has 4 rings (SSSR count). The lowest BCUT2D eigenvalue weighted by Gasteiger charge is -2.38. The lowest BCUT2D eigenvalue weighted by molar-refractivity contribution is 0.0962. The number of H-pyrrole nitrogens is 1. The summed E-state index contributed by atoms with van der Waals surface area (Å²) in [7, 11) is 0. The maximum Gasteiger partial charge on any atom is 0.231 e. The first kappa shape index (κ1) is 22.4. The Morgan fingerprint density at radius 1 is 1.00 bits per heavy atom. The van der Waals surface area contributed by atoms with Gasteiger partial charge >= 0.3 is 0 Å². The van der Waals surface area contributed by atoms with Gasteiger partial charge in [0.1, 0.15) is 5.82 Å². The molecule has 170 valence electrons. The van der Waals surface area contributed by atoms with E-state index >= 15 is 0 Å². The number of benzene rings is 2. The van der Waals surface area contributed by atoms with Crippen LogP contribution in [0.5, 0.6) is 11.5 Å². The molecular weight excluding hydrogens is 398 g/mol. The summed E-state index contributed by atoms with van der Waals surface area (Å²) in [6.07, 6.45) is 4.36. The van der Waals surface area contributed by atoms with Crippen molar-refractivity contribution in [1.29, 1.82) is 0 Å². The summed E-state index contributed by atoms with van der Waals surface area (Å²) in [4.78, 5) is 11.2. The first-order valence-electron chi connectivity index (χ1n) is 11.8. The van der Waals surface area contributed by atoms with E-state index < -0.39 is 0 Å². The predicted molar refractivity (Wildman–Crippen MR) is 129 cm³/mol. The van der Waals surface area contributed by atoms with Crippen LogP contribution in [0.15, 0.2) is 48.5 Å². The number of nitrogens with one attached hydrogen (secondary N) is 1. The van der Waals surface area contributed by atoms with E-state index in [-0.39, 0.29) is 5.54 Å². The van der Waals surface area contributed by atoms with Crippen LogP contribution in [0.2, 0.25) is 0 Å². The van der Waals surface area contributed by atoms with Crippen molar-refractivity contribution < 1.29 is 9.47 Å². The number of aryl methyl sites for hydroxylation is 1. The summed E-state index contributed by atoms with van der Waals surface area (Å²) in [6, 6.07) is 16.7. The minimum atomic E-state index is 0.0381. The second-order valence-electron chi connectivity index (χ2n) is 9.19. The van der Waals surface area contributed by atoms with Crippen LogP contribution >= 0.6 is 0 Å². The summed E-state index contributed by atoms with van der Waals surface area (Å²) in [5, 5.41) is 0. The van der Waals surface area contributed by atoms with Crippen molar-refractivity contribution >= 4 is 0 Å². The van der Waals surface area contributed by atoms with Crippen LogP contribution in [0, 0.1) is 0 Å². The van der Waals surface area contributed by atoms with E-state index in [9.17, 15) is 0 Å². The predicted octanol–water partition coefficient (Wildman–Crippen LogP) is 6.34. The smallest absolute Gasteiger partial charge is 0.231 e. The van der Waals surface area contributed by atoms with Crippen molar-refractivity contribution in [3.8, 4) is 22.9 Å². The molecule has 0 unspecified atom stereocenters. The molecule has 2 heterocycles. The molecular formula is C27H35N3O2.